The predicted octanol–water partition coefficient (Wildman–Crippen LogP) is 2.58. The van der Waals surface area contributed by atoms with Crippen LogP contribution in [0.5, 0.6) is 0 Å². The number of hydrogen-bond acceptors (Lipinski definition) is 5. The van der Waals surface area contributed by atoms with E-state index < -0.39 is 10.9 Å². The number of nitro groups is 1. The Morgan fingerprint density at radius 2 is 2.15 bits per heavy atom. The van der Waals surface area contributed by atoms with Gasteiger partial charge in [-0.15, -0.1) is 0 Å². The molecule has 0 saturated carbocycles. The fourth-order valence-electron chi connectivity index (χ4n) is 1.38. The van der Waals surface area contributed by atoms with Gasteiger partial charge in [-0.3, -0.25) is 10.1 Å². The second-order valence-electron chi connectivity index (χ2n) is 4.27. The molecule has 0 aliphatic rings. The maximum Gasteiger partial charge on any atom is 0.330 e. The van der Waals surface area contributed by atoms with Crippen LogP contribution < -0.4 is 0 Å². The molecule has 1 aromatic rings. The van der Waals surface area contributed by atoms with E-state index in [1.54, 1.807) is 12.1 Å². The summed E-state index contributed by atoms with van der Waals surface area (Å²) in [5.74, 6) is -0.510. The Morgan fingerprint density at radius 3 is 2.80 bits per heavy atom. The van der Waals surface area contributed by atoms with Crippen LogP contribution in [-0.4, -0.2) is 30.2 Å². The lowest BCUT2D eigenvalue weighted by atomic mass is 10.2. The maximum atomic E-state index is 11.4. The first-order valence-electron chi connectivity index (χ1n) is 6.20. The van der Waals surface area contributed by atoms with E-state index in [1.165, 1.54) is 24.3 Å². The van der Waals surface area contributed by atoms with Gasteiger partial charge in [-0.05, 0) is 25.5 Å². The molecule has 0 atom stereocenters. The van der Waals surface area contributed by atoms with Crippen LogP contribution in [0.2, 0.25) is 0 Å². The zero-order chi connectivity index (χ0) is 15.0. The lowest BCUT2D eigenvalue weighted by Crippen LogP contribution is -2.12. The summed E-state index contributed by atoms with van der Waals surface area (Å²) >= 11 is 0. The number of carbonyl (C=O) groups excluding carboxylic acids is 1. The summed E-state index contributed by atoms with van der Waals surface area (Å²) in [5, 5.41) is 10.6. The molecule has 0 heterocycles. The molecule has 1 rings (SSSR count). The third-order valence-electron chi connectivity index (χ3n) is 2.27. The second-order valence-corrected chi connectivity index (χ2v) is 4.27. The summed E-state index contributed by atoms with van der Waals surface area (Å²) < 4.78 is 10.1. The van der Waals surface area contributed by atoms with Crippen LogP contribution >= 0.6 is 0 Å². The van der Waals surface area contributed by atoms with Crippen LogP contribution in [0.15, 0.2) is 30.3 Å². The van der Waals surface area contributed by atoms with Crippen molar-refractivity contribution in [3.05, 3.63) is 46.0 Å². The normalized spacial score (nSPS) is 10.9. The van der Waals surface area contributed by atoms with Gasteiger partial charge in [0.25, 0.3) is 5.69 Å². The topological polar surface area (TPSA) is 78.7 Å². The van der Waals surface area contributed by atoms with Crippen molar-refractivity contribution in [3.8, 4) is 0 Å². The van der Waals surface area contributed by atoms with E-state index in [4.69, 9.17) is 9.47 Å². The third-order valence-corrected chi connectivity index (χ3v) is 2.27. The van der Waals surface area contributed by atoms with Crippen LogP contribution in [0.3, 0.4) is 0 Å². The van der Waals surface area contributed by atoms with Crippen molar-refractivity contribution in [2.75, 3.05) is 13.2 Å². The number of benzene rings is 1. The molecule has 0 N–H and O–H groups in total. The lowest BCUT2D eigenvalue weighted by Gasteiger charge is -2.06. The molecule has 0 aliphatic carbocycles. The highest BCUT2D eigenvalue weighted by Gasteiger charge is 2.04. The Hall–Kier alpha value is -2.21. The molecule has 6 heteroatoms. The summed E-state index contributed by atoms with van der Waals surface area (Å²) in [5.41, 5.74) is 0.542. The van der Waals surface area contributed by atoms with Crippen molar-refractivity contribution in [2.24, 2.45) is 0 Å². The Labute approximate surface area is 117 Å². The van der Waals surface area contributed by atoms with Gasteiger partial charge in [0.05, 0.1) is 17.6 Å². The minimum atomic E-state index is -0.510. The molecule has 0 spiro atoms. The molecule has 0 unspecified atom stereocenters. The fourth-order valence-corrected chi connectivity index (χ4v) is 1.38. The van der Waals surface area contributed by atoms with Gasteiger partial charge in [-0.25, -0.2) is 4.79 Å². The van der Waals surface area contributed by atoms with Crippen LogP contribution in [0, 0.1) is 10.1 Å². The molecule has 0 saturated heterocycles. The smallest absolute Gasteiger partial charge is 0.330 e. The average Bonchev–Trinajstić information content (AvgIpc) is 2.41. The Bertz CT molecular complexity index is 496. The first kappa shape index (κ1) is 15.8. The van der Waals surface area contributed by atoms with E-state index >= 15 is 0 Å². The Morgan fingerprint density at radius 1 is 1.40 bits per heavy atom. The first-order chi connectivity index (χ1) is 9.49. The second kappa shape index (κ2) is 8.06. The Kier molecular flexibility index (Phi) is 6.39. The molecule has 0 fully saturated rings. The minimum absolute atomic E-state index is 0.0224. The number of rotatable bonds is 7. The highest BCUT2D eigenvalue weighted by atomic mass is 16.6. The van der Waals surface area contributed by atoms with Crippen molar-refractivity contribution >= 4 is 17.7 Å². The van der Waals surface area contributed by atoms with Crippen molar-refractivity contribution in [1.29, 1.82) is 0 Å². The van der Waals surface area contributed by atoms with Gasteiger partial charge < -0.3 is 9.47 Å². The van der Waals surface area contributed by atoms with E-state index in [-0.39, 0.29) is 18.4 Å². The zero-order valence-electron chi connectivity index (χ0n) is 11.4. The number of non-ortho nitro benzene ring substituents is 1. The minimum Gasteiger partial charge on any atom is -0.460 e. The number of nitrogens with zero attached hydrogens (tertiary/aromatic N) is 1. The molecule has 0 radical (unpaired) electrons. The number of nitro benzene ring substituents is 1. The average molecular weight is 279 g/mol. The highest BCUT2D eigenvalue weighted by molar-refractivity contribution is 5.87. The van der Waals surface area contributed by atoms with Crippen molar-refractivity contribution in [3.63, 3.8) is 0 Å². The SMILES string of the molecule is CC(C)OCCOC(=O)C=Cc1cccc([N+](=O)[O-])c1. The van der Waals surface area contributed by atoms with E-state index in [0.717, 1.165) is 0 Å². The lowest BCUT2D eigenvalue weighted by molar-refractivity contribution is -0.384. The molecule has 0 amide bonds. The largest absolute Gasteiger partial charge is 0.460 e. The molecule has 0 aromatic heterocycles. The van der Waals surface area contributed by atoms with E-state index in [1.807, 2.05) is 13.8 Å². The quantitative estimate of drug-likeness (QED) is 0.252. The number of carbonyl (C=O) groups is 1. The summed E-state index contributed by atoms with van der Waals surface area (Å²) in [4.78, 5) is 21.5. The maximum absolute atomic E-state index is 11.4. The summed E-state index contributed by atoms with van der Waals surface area (Å²) in [6.45, 7) is 4.30. The molecule has 1 aromatic carbocycles. The Balaban J connectivity index is 2.45. The monoisotopic (exact) mass is 279 g/mol. The fraction of sp³-hybridized carbons (Fsp3) is 0.357. The van der Waals surface area contributed by atoms with Gasteiger partial charge in [0.1, 0.15) is 6.61 Å². The molecule has 108 valence electrons. The summed E-state index contributed by atoms with van der Waals surface area (Å²) in [7, 11) is 0. The van der Waals surface area contributed by atoms with Crippen molar-refractivity contribution in [2.45, 2.75) is 20.0 Å². The third kappa shape index (κ3) is 6.10. The molecule has 6 nitrogen and oxygen atoms in total. The van der Waals surface area contributed by atoms with Gasteiger partial charge in [0.15, 0.2) is 0 Å². The van der Waals surface area contributed by atoms with Crippen LogP contribution in [0.1, 0.15) is 19.4 Å². The van der Waals surface area contributed by atoms with Crippen LogP contribution in [0.4, 0.5) is 5.69 Å². The van der Waals surface area contributed by atoms with Gasteiger partial charge in [-0.1, -0.05) is 12.1 Å². The first-order valence-corrected chi connectivity index (χ1v) is 6.20. The van der Waals surface area contributed by atoms with Crippen LogP contribution in [0.25, 0.3) is 6.08 Å². The highest BCUT2D eigenvalue weighted by Crippen LogP contribution is 2.14. The number of hydrogen-bond donors (Lipinski definition) is 0. The molecule has 20 heavy (non-hydrogen) atoms. The number of esters is 1. The van der Waals surface area contributed by atoms with Crippen LogP contribution in [-0.2, 0) is 14.3 Å². The van der Waals surface area contributed by atoms with Crippen molar-refractivity contribution in [1.82, 2.24) is 0 Å². The molecular weight excluding hydrogens is 262 g/mol. The summed E-state index contributed by atoms with van der Waals surface area (Å²) in [6.07, 6.45) is 2.79. The number of ether oxygens (including phenoxy) is 2. The van der Waals surface area contributed by atoms with E-state index in [0.29, 0.717) is 12.2 Å². The van der Waals surface area contributed by atoms with Gasteiger partial charge in [0, 0.05) is 18.2 Å². The molecular formula is C14H17NO5. The van der Waals surface area contributed by atoms with Gasteiger partial charge in [0.2, 0.25) is 0 Å². The standard InChI is InChI=1S/C14H17NO5/c1-11(2)19-8-9-20-14(16)7-6-12-4-3-5-13(10-12)15(17)18/h3-7,10-11H,8-9H2,1-2H3. The van der Waals surface area contributed by atoms with E-state index in [2.05, 4.69) is 0 Å². The van der Waals surface area contributed by atoms with Crippen molar-refractivity contribution < 1.29 is 19.2 Å². The molecule has 0 aliphatic heterocycles. The zero-order valence-corrected chi connectivity index (χ0v) is 11.4. The van der Waals surface area contributed by atoms with Gasteiger partial charge in [-0.2, -0.15) is 0 Å². The summed E-state index contributed by atoms with van der Waals surface area (Å²) in [6, 6.07) is 5.99. The predicted molar refractivity (Wildman–Crippen MR) is 74.2 cm³/mol. The van der Waals surface area contributed by atoms with E-state index in [9.17, 15) is 14.9 Å². The molecule has 0 bridgehead atoms. The van der Waals surface area contributed by atoms with Gasteiger partial charge >= 0.3 is 5.97 Å².